The lowest BCUT2D eigenvalue weighted by molar-refractivity contribution is 0.338. The summed E-state index contributed by atoms with van der Waals surface area (Å²) >= 11 is 0. The molecule has 20 heavy (non-hydrogen) atoms. The molecule has 2 rings (SSSR count). The molecule has 0 bridgehead atoms. The first-order valence-corrected chi connectivity index (χ1v) is 6.40. The molecule has 0 saturated carbocycles. The lowest BCUT2D eigenvalue weighted by atomic mass is 10.1. The third-order valence-corrected chi connectivity index (χ3v) is 3.05. The van der Waals surface area contributed by atoms with Gasteiger partial charge in [-0.2, -0.15) is 0 Å². The molecule has 3 heteroatoms. The summed E-state index contributed by atoms with van der Waals surface area (Å²) in [6.07, 6.45) is 4.76. The van der Waals surface area contributed by atoms with E-state index in [1.807, 2.05) is 48.6 Å². The quantitative estimate of drug-likeness (QED) is 0.901. The molecule has 0 unspecified atom stereocenters. The highest BCUT2D eigenvalue weighted by atomic mass is 16.5. The van der Waals surface area contributed by atoms with Crippen LogP contribution in [-0.4, -0.2) is 19.3 Å². The van der Waals surface area contributed by atoms with Gasteiger partial charge in [0.2, 0.25) is 5.75 Å². The van der Waals surface area contributed by atoms with Gasteiger partial charge in [-0.25, -0.2) is 0 Å². The van der Waals surface area contributed by atoms with E-state index >= 15 is 0 Å². The van der Waals surface area contributed by atoms with Crippen LogP contribution in [0, 0.1) is 0 Å². The van der Waals surface area contributed by atoms with E-state index < -0.39 is 0 Å². The van der Waals surface area contributed by atoms with Gasteiger partial charge in [0.05, 0.1) is 14.2 Å². The van der Waals surface area contributed by atoms with E-state index in [4.69, 9.17) is 9.47 Å². The summed E-state index contributed by atoms with van der Waals surface area (Å²) < 4.78 is 10.3. The SMILES string of the molecule is COc1ccc(C/C=C/c2ccccc2)c(OC)c1O. The van der Waals surface area contributed by atoms with Crippen LogP contribution in [0.5, 0.6) is 17.2 Å². The van der Waals surface area contributed by atoms with E-state index in [2.05, 4.69) is 0 Å². The molecule has 0 aliphatic carbocycles. The van der Waals surface area contributed by atoms with Gasteiger partial charge in [-0.1, -0.05) is 48.6 Å². The Morgan fingerprint density at radius 1 is 1.00 bits per heavy atom. The van der Waals surface area contributed by atoms with Gasteiger partial charge in [-0.3, -0.25) is 0 Å². The summed E-state index contributed by atoms with van der Waals surface area (Å²) in [6.45, 7) is 0. The Bertz CT molecular complexity index is 589. The molecule has 0 aromatic heterocycles. The molecule has 0 saturated heterocycles. The van der Waals surface area contributed by atoms with Crippen molar-refractivity contribution < 1.29 is 14.6 Å². The zero-order valence-electron chi connectivity index (χ0n) is 11.7. The number of ether oxygens (including phenoxy) is 2. The predicted octanol–water partition coefficient (Wildman–Crippen LogP) is 3.67. The number of aromatic hydroxyl groups is 1. The average Bonchev–Trinajstić information content (AvgIpc) is 2.49. The second-order valence-electron chi connectivity index (χ2n) is 4.33. The summed E-state index contributed by atoms with van der Waals surface area (Å²) in [4.78, 5) is 0. The Kier molecular flexibility index (Phi) is 4.66. The first kappa shape index (κ1) is 14.0. The molecular weight excluding hydrogens is 252 g/mol. The summed E-state index contributed by atoms with van der Waals surface area (Å²) in [7, 11) is 3.06. The number of phenolic OH excluding ortho intramolecular Hbond substituents is 1. The van der Waals surface area contributed by atoms with E-state index in [1.54, 1.807) is 13.2 Å². The molecule has 0 aliphatic heterocycles. The molecule has 0 heterocycles. The fourth-order valence-corrected chi connectivity index (χ4v) is 2.03. The molecular formula is C17H18O3. The Labute approximate surface area is 119 Å². The predicted molar refractivity (Wildman–Crippen MR) is 80.4 cm³/mol. The van der Waals surface area contributed by atoms with Gasteiger partial charge in [-0.15, -0.1) is 0 Å². The van der Waals surface area contributed by atoms with Crippen molar-refractivity contribution in [2.45, 2.75) is 6.42 Å². The fourth-order valence-electron chi connectivity index (χ4n) is 2.03. The zero-order valence-corrected chi connectivity index (χ0v) is 11.7. The van der Waals surface area contributed by atoms with E-state index in [-0.39, 0.29) is 5.75 Å². The molecule has 0 radical (unpaired) electrons. The van der Waals surface area contributed by atoms with Gasteiger partial charge in [-0.05, 0) is 18.1 Å². The van der Waals surface area contributed by atoms with E-state index in [0.29, 0.717) is 17.9 Å². The molecule has 1 N–H and O–H groups in total. The van der Waals surface area contributed by atoms with Crippen LogP contribution in [0.2, 0.25) is 0 Å². The van der Waals surface area contributed by atoms with Crippen molar-refractivity contribution in [2.24, 2.45) is 0 Å². The number of methoxy groups -OCH3 is 2. The van der Waals surface area contributed by atoms with Gasteiger partial charge in [0.25, 0.3) is 0 Å². The van der Waals surface area contributed by atoms with Crippen LogP contribution in [-0.2, 0) is 6.42 Å². The zero-order chi connectivity index (χ0) is 14.4. The largest absolute Gasteiger partial charge is 0.502 e. The first-order valence-electron chi connectivity index (χ1n) is 6.40. The minimum atomic E-state index is 0.0422. The van der Waals surface area contributed by atoms with Gasteiger partial charge in [0.1, 0.15) is 0 Å². The van der Waals surface area contributed by atoms with Crippen molar-refractivity contribution >= 4 is 6.08 Å². The molecule has 3 nitrogen and oxygen atoms in total. The highest BCUT2D eigenvalue weighted by Gasteiger charge is 2.12. The third-order valence-electron chi connectivity index (χ3n) is 3.05. The highest BCUT2D eigenvalue weighted by molar-refractivity contribution is 5.56. The summed E-state index contributed by atoms with van der Waals surface area (Å²) in [5, 5.41) is 10.0. The Hall–Kier alpha value is -2.42. The minimum Gasteiger partial charge on any atom is -0.502 e. The lowest BCUT2D eigenvalue weighted by Gasteiger charge is -2.11. The van der Waals surface area contributed by atoms with Crippen molar-refractivity contribution in [3.63, 3.8) is 0 Å². The van der Waals surface area contributed by atoms with E-state index in [0.717, 1.165) is 11.1 Å². The van der Waals surface area contributed by atoms with Crippen LogP contribution in [0.15, 0.2) is 48.5 Å². The Balaban J connectivity index is 2.18. The Morgan fingerprint density at radius 2 is 1.75 bits per heavy atom. The molecule has 0 atom stereocenters. The van der Waals surface area contributed by atoms with Crippen LogP contribution in [0.3, 0.4) is 0 Å². The molecule has 104 valence electrons. The molecule has 0 spiro atoms. The number of phenols is 1. The summed E-state index contributed by atoms with van der Waals surface area (Å²) in [6, 6.07) is 13.7. The number of rotatable bonds is 5. The van der Waals surface area contributed by atoms with Gasteiger partial charge in [0.15, 0.2) is 11.5 Å². The van der Waals surface area contributed by atoms with E-state index in [9.17, 15) is 5.11 Å². The van der Waals surface area contributed by atoms with Gasteiger partial charge in [0, 0.05) is 5.56 Å². The van der Waals surface area contributed by atoms with Crippen molar-refractivity contribution in [1.29, 1.82) is 0 Å². The lowest BCUT2D eigenvalue weighted by Crippen LogP contribution is -1.94. The van der Waals surface area contributed by atoms with Gasteiger partial charge >= 0.3 is 0 Å². The second-order valence-corrected chi connectivity index (χ2v) is 4.33. The first-order chi connectivity index (χ1) is 9.76. The maximum absolute atomic E-state index is 10.0. The third kappa shape index (κ3) is 3.12. The molecule has 0 amide bonds. The van der Waals surface area contributed by atoms with Crippen molar-refractivity contribution in [2.75, 3.05) is 14.2 Å². The molecule has 2 aromatic carbocycles. The minimum absolute atomic E-state index is 0.0422. The maximum atomic E-state index is 10.0. The number of hydrogen-bond acceptors (Lipinski definition) is 3. The van der Waals surface area contributed by atoms with Crippen molar-refractivity contribution in [1.82, 2.24) is 0 Å². The monoisotopic (exact) mass is 270 g/mol. The number of benzene rings is 2. The normalized spacial score (nSPS) is 10.7. The van der Waals surface area contributed by atoms with Crippen LogP contribution in [0.25, 0.3) is 6.08 Å². The molecule has 0 aliphatic rings. The van der Waals surface area contributed by atoms with Crippen LogP contribution in [0.1, 0.15) is 11.1 Å². The average molecular weight is 270 g/mol. The topological polar surface area (TPSA) is 38.7 Å². The maximum Gasteiger partial charge on any atom is 0.201 e. The van der Waals surface area contributed by atoms with E-state index in [1.165, 1.54) is 7.11 Å². The number of hydrogen-bond donors (Lipinski definition) is 1. The van der Waals surface area contributed by atoms with Crippen LogP contribution < -0.4 is 9.47 Å². The molecule has 2 aromatic rings. The van der Waals surface area contributed by atoms with Crippen LogP contribution in [0.4, 0.5) is 0 Å². The molecule has 0 fully saturated rings. The number of allylic oxidation sites excluding steroid dienone is 1. The van der Waals surface area contributed by atoms with Gasteiger partial charge < -0.3 is 14.6 Å². The Morgan fingerprint density at radius 3 is 2.40 bits per heavy atom. The standard InChI is InChI=1S/C17H18O3/c1-19-15-12-11-14(17(20-2)16(15)18)10-6-9-13-7-4-3-5-8-13/h3-9,11-12,18H,10H2,1-2H3/b9-6+. The fraction of sp³-hybridized carbons (Fsp3) is 0.176. The van der Waals surface area contributed by atoms with Crippen LogP contribution >= 0.6 is 0 Å². The summed E-state index contributed by atoms with van der Waals surface area (Å²) in [5.41, 5.74) is 2.06. The van der Waals surface area contributed by atoms with Crippen molar-refractivity contribution in [3.05, 3.63) is 59.7 Å². The highest BCUT2D eigenvalue weighted by Crippen LogP contribution is 2.38. The summed E-state index contributed by atoms with van der Waals surface area (Å²) in [5.74, 6) is 0.917. The smallest absolute Gasteiger partial charge is 0.201 e. The van der Waals surface area contributed by atoms with Crippen molar-refractivity contribution in [3.8, 4) is 17.2 Å². The second kappa shape index (κ2) is 6.66.